The number of aromatic nitrogens is 1. The summed E-state index contributed by atoms with van der Waals surface area (Å²) in [5, 5.41) is 7.81. The molecule has 86 valence electrons. The molecule has 0 aromatic carbocycles. The lowest BCUT2D eigenvalue weighted by Gasteiger charge is -2.18. The third-order valence-corrected chi connectivity index (χ3v) is 4.02. The summed E-state index contributed by atoms with van der Waals surface area (Å²) in [6, 6.07) is 5.11. The van der Waals surface area contributed by atoms with Crippen LogP contribution in [0.25, 0.3) is 0 Å². The van der Waals surface area contributed by atoms with Crippen LogP contribution in [0.5, 0.6) is 0 Å². The van der Waals surface area contributed by atoms with Crippen molar-refractivity contribution in [1.82, 2.24) is 10.3 Å². The largest absolute Gasteiger partial charge is 0.306 e. The molecule has 0 saturated heterocycles. The van der Waals surface area contributed by atoms with Gasteiger partial charge in [0, 0.05) is 22.3 Å². The number of hydrogen-bond acceptors (Lipinski definition) is 4. The maximum absolute atomic E-state index is 4.32. The van der Waals surface area contributed by atoms with Gasteiger partial charge in [0.05, 0.1) is 11.2 Å². The fraction of sp³-hybridized carbons (Fsp3) is 0.417. The van der Waals surface area contributed by atoms with Crippen LogP contribution in [0.3, 0.4) is 0 Å². The van der Waals surface area contributed by atoms with Crippen molar-refractivity contribution in [2.45, 2.75) is 32.4 Å². The van der Waals surface area contributed by atoms with E-state index in [-0.39, 0.29) is 0 Å². The fourth-order valence-electron chi connectivity index (χ4n) is 1.74. The highest BCUT2D eigenvalue weighted by molar-refractivity contribution is 7.09. The zero-order valence-electron chi connectivity index (χ0n) is 9.51. The molecule has 0 fully saturated rings. The van der Waals surface area contributed by atoms with Crippen LogP contribution in [0, 0.1) is 0 Å². The maximum atomic E-state index is 4.32. The summed E-state index contributed by atoms with van der Waals surface area (Å²) in [5.74, 6) is 0. The lowest BCUT2D eigenvalue weighted by atomic mass is 10.1. The highest BCUT2D eigenvalue weighted by Gasteiger charge is 2.11. The Kier molecular flexibility index (Phi) is 4.09. The fourth-order valence-corrected chi connectivity index (χ4v) is 3.22. The van der Waals surface area contributed by atoms with Crippen molar-refractivity contribution in [2.24, 2.45) is 0 Å². The molecule has 2 aromatic heterocycles. The third kappa shape index (κ3) is 3.14. The molecule has 16 heavy (non-hydrogen) atoms. The molecule has 0 aliphatic heterocycles. The van der Waals surface area contributed by atoms with Gasteiger partial charge in [0.2, 0.25) is 0 Å². The summed E-state index contributed by atoms with van der Waals surface area (Å²) in [4.78, 5) is 5.76. The Labute approximate surface area is 104 Å². The van der Waals surface area contributed by atoms with Crippen molar-refractivity contribution in [3.63, 3.8) is 0 Å². The van der Waals surface area contributed by atoms with Crippen LogP contribution in [0.1, 0.15) is 30.5 Å². The van der Waals surface area contributed by atoms with Gasteiger partial charge in [-0.25, -0.2) is 4.98 Å². The summed E-state index contributed by atoms with van der Waals surface area (Å²) in [6.07, 6.45) is 1.09. The Bertz CT molecular complexity index is 395. The summed E-state index contributed by atoms with van der Waals surface area (Å²) in [5.41, 5.74) is 3.03. The zero-order chi connectivity index (χ0) is 11.4. The zero-order valence-corrected chi connectivity index (χ0v) is 11.1. The van der Waals surface area contributed by atoms with Crippen LogP contribution in [0.2, 0.25) is 0 Å². The number of thiazole rings is 1. The average Bonchev–Trinajstić information content (AvgIpc) is 2.88. The van der Waals surface area contributed by atoms with E-state index >= 15 is 0 Å². The van der Waals surface area contributed by atoms with Gasteiger partial charge < -0.3 is 5.32 Å². The molecule has 0 saturated carbocycles. The first-order valence-corrected chi connectivity index (χ1v) is 7.24. The van der Waals surface area contributed by atoms with Gasteiger partial charge in [-0.2, -0.15) is 0 Å². The maximum Gasteiger partial charge on any atom is 0.0795 e. The summed E-state index contributed by atoms with van der Waals surface area (Å²) >= 11 is 3.47. The lowest BCUT2D eigenvalue weighted by Crippen LogP contribution is -2.30. The van der Waals surface area contributed by atoms with Gasteiger partial charge in [0.25, 0.3) is 0 Å². The molecule has 2 atom stereocenters. The minimum atomic E-state index is 0.334. The van der Waals surface area contributed by atoms with Gasteiger partial charge >= 0.3 is 0 Å². The Morgan fingerprint density at radius 2 is 2.31 bits per heavy atom. The van der Waals surface area contributed by atoms with Crippen LogP contribution in [-0.2, 0) is 6.42 Å². The Balaban J connectivity index is 1.85. The molecule has 2 aromatic rings. The third-order valence-electron chi connectivity index (χ3n) is 2.52. The molecular weight excluding hydrogens is 236 g/mol. The van der Waals surface area contributed by atoms with E-state index in [9.17, 15) is 0 Å². The van der Waals surface area contributed by atoms with E-state index in [1.54, 1.807) is 11.3 Å². The highest BCUT2D eigenvalue weighted by atomic mass is 32.1. The smallest absolute Gasteiger partial charge is 0.0795 e. The summed E-state index contributed by atoms with van der Waals surface area (Å²) in [6.45, 7) is 4.39. The van der Waals surface area contributed by atoms with Crippen molar-refractivity contribution in [2.75, 3.05) is 0 Å². The minimum absolute atomic E-state index is 0.334. The van der Waals surface area contributed by atoms with E-state index in [0.29, 0.717) is 12.1 Å². The average molecular weight is 252 g/mol. The second kappa shape index (κ2) is 5.57. The minimum Gasteiger partial charge on any atom is -0.306 e. The molecule has 0 bridgehead atoms. The SMILES string of the molecule is CC(Cc1cccs1)NC(C)c1cscn1. The van der Waals surface area contributed by atoms with Crippen LogP contribution in [-0.4, -0.2) is 11.0 Å². The molecule has 2 nitrogen and oxygen atoms in total. The van der Waals surface area contributed by atoms with E-state index < -0.39 is 0 Å². The van der Waals surface area contributed by atoms with Crippen molar-refractivity contribution in [3.05, 3.63) is 39.0 Å². The Morgan fingerprint density at radius 3 is 2.94 bits per heavy atom. The number of nitrogens with zero attached hydrogens (tertiary/aromatic N) is 1. The monoisotopic (exact) mass is 252 g/mol. The van der Waals surface area contributed by atoms with Crippen molar-refractivity contribution in [1.29, 1.82) is 0 Å². The van der Waals surface area contributed by atoms with E-state index in [1.165, 1.54) is 4.88 Å². The van der Waals surface area contributed by atoms with E-state index in [0.717, 1.165) is 12.1 Å². The number of nitrogens with one attached hydrogen (secondary N) is 1. The predicted octanol–water partition coefficient (Wildman–Crippen LogP) is 3.49. The molecule has 2 unspecified atom stereocenters. The number of hydrogen-bond donors (Lipinski definition) is 1. The van der Waals surface area contributed by atoms with Gasteiger partial charge in [-0.3, -0.25) is 0 Å². The lowest BCUT2D eigenvalue weighted by molar-refractivity contribution is 0.473. The number of thiophene rings is 1. The molecule has 1 N–H and O–H groups in total. The normalized spacial score (nSPS) is 14.9. The second-order valence-electron chi connectivity index (χ2n) is 3.99. The molecule has 0 amide bonds. The molecule has 2 rings (SSSR count). The Morgan fingerprint density at radius 1 is 1.44 bits per heavy atom. The molecule has 0 aliphatic carbocycles. The highest BCUT2D eigenvalue weighted by Crippen LogP contribution is 2.15. The topological polar surface area (TPSA) is 24.9 Å². The van der Waals surface area contributed by atoms with Crippen LogP contribution < -0.4 is 5.32 Å². The first-order valence-electron chi connectivity index (χ1n) is 5.42. The molecule has 2 heterocycles. The standard InChI is InChI=1S/C12H16N2S2/c1-9(6-11-4-3-5-16-11)14-10(2)12-7-15-8-13-12/h3-5,7-10,14H,6H2,1-2H3. The van der Waals surface area contributed by atoms with E-state index in [4.69, 9.17) is 0 Å². The van der Waals surface area contributed by atoms with Crippen molar-refractivity contribution >= 4 is 22.7 Å². The quantitative estimate of drug-likeness (QED) is 0.881. The molecular formula is C12H16N2S2. The first kappa shape index (κ1) is 11.8. The predicted molar refractivity (Wildman–Crippen MR) is 71.1 cm³/mol. The van der Waals surface area contributed by atoms with Gasteiger partial charge in [-0.15, -0.1) is 22.7 Å². The van der Waals surface area contributed by atoms with Gasteiger partial charge in [-0.1, -0.05) is 6.07 Å². The van der Waals surface area contributed by atoms with Crippen LogP contribution in [0.4, 0.5) is 0 Å². The molecule has 4 heteroatoms. The Hall–Kier alpha value is -0.710. The molecule has 0 aliphatic rings. The van der Waals surface area contributed by atoms with Crippen LogP contribution >= 0.6 is 22.7 Å². The summed E-state index contributed by atoms with van der Waals surface area (Å²) in [7, 11) is 0. The van der Waals surface area contributed by atoms with Crippen molar-refractivity contribution < 1.29 is 0 Å². The number of rotatable bonds is 5. The second-order valence-corrected chi connectivity index (χ2v) is 5.74. The van der Waals surface area contributed by atoms with Gasteiger partial charge in [0.1, 0.15) is 0 Å². The van der Waals surface area contributed by atoms with Gasteiger partial charge in [0.15, 0.2) is 0 Å². The molecule has 0 radical (unpaired) electrons. The first-order chi connectivity index (χ1) is 7.75. The van der Waals surface area contributed by atoms with E-state index in [1.807, 2.05) is 16.8 Å². The van der Waals surface area contributed by atoms with Crippen LogP contribution in [0.15, 0.2) is 28.4 Å². The van der Waals surface area contributed by atoms with Crippen molar-refractivity contribution in [3.8, 4) is 0 Å². The van der Waals surface area contributed by atoms with Gasteiger partial charge in [-0.05, 0) is 31.7 Å². The molecule has 0 spiro atoms. The van der Waals surface area contributed by atoms with E-state index in [2.05, 4.69) is 47.0 Å². The summed E-state index contributed by atoms with van der Waals surface area (Å²) < 4.78 is 0.